The van der Waals surface area contributed by atoms with Crippen LogP contribution in [0.5, 0.6) is 5.75 Å². The van der Waals surface area contributed by atoms with Gasteiger partial charge in [0.1, 0.15) is 0 Å². The number of aromatic hydroxyl groups is 1. The third-order valence-electron chi connectivity index (χ3n) is 3.95. The van der Waals surface area contributed by atoms with E-state index in [1.165, 1.54) is 12.3 Å². The summed E-state index contributed by atoms with van der Waals surface area (Å²) >= 11 is 0. The van der Waals surface area contributed by atoms with E-state index in [1.54, 1.807) is 4.68 Å². The molecule has 0 atom stereocenters. The normalized spacial score (nSPS) is 10.7. The molecule has 0 bridgehead atoms. The van der Waals surface area contributed by atoms with Gasteiger partial charge in [0.15, 0.2) is 5.75 Å². The molecule has 0 saturated carbocycles. The predicted molar refractivity (Wildman–Crippen MR) is 96.7 cm³/mol. The smallest absolute Gasteiger partial charge is 0.223 e. The number of hydrogen-bond acceptors (Lipinski definition) is 3. The highest BCUT2D eigenvalue weighted by atomic mass is 16.3. The van der Waals surface area contributed by atoms with E-state index in [4.69, 9.17) is 5.10 Å². The average molecular weight is 329 g/mol. The summed E-state index contributed by atoms with van der Waals surface area (Å²) in [6.45, 7) is 0. The fraction of sp³-hybridized carbons (Fsp3) is 0. The fourth-order valence-corrected chi connectivity index (χ4v) is 2.70. The number of nitrogens with zero attached hydrogens (tertiary/aromatic N) is 2. The van der Waals surface area contributed by atoms with Crippen molar-refractivity contribution < 1.29 is 5.11 Å². The van der Waals surface area contributed by atoms with Crippen molar-refractivity contribution in [3.8, 4) is 34.1 Å². The second-order valence-electron chi connectivity index (χ2n) is 5.62. The van der Waals surface area contributed by atoms with Gasteiger partial charge >= 0.3 is 0 Å². The average Bonchev–Trinajstić information content (AvgIpc) is 3.11. The van der Waals surface area contributed by atoms with Gasteiger partial charge in [-0.05, 0) is 18.2 Å². The molecule has 2 aromatic heterocycles. The van der Waals surface area contributed by atoms with E-state index in [9.17, 15) is 9.90 Å². The van der Waals surface area contributed by atoms with Crippen LogP contribution in [-0.4, -0.2) is 19.9 Å². The Morgan fingerprint density at radius 2 is 1.60 bits per heavy atom. The van der Waals surface area contributed by atoms with Crippen LogP contribution in [0.4, 0.5) is 0 Å². The van der Waals surface area contributed by atoms with Gasteiger partial charge in [-0.3, -0.25) is 4.79 Å². The fourth-order valence-electron chi connectivity index (χ4n) is 2.70. The first-order valence-corrected chi connectivity index (χ1v) is 7.85. The SMILES string of the molecule is O=c1cc(-c2cc(-c3ccccc3)nn2-c2ccccc2)[nH]cc1O. The maximum Gasteiger partial charge on any atom is 0.223 e. The van der Waals surface area contributed by atoms with Crippen LogP contribution in [0, 0.1) is 0 Å². The van der Waals surface area contributed by atoms with Gasteiger partial charge < -0.3 is 10.1 Å². The summed E-state index contributed by atoms with van der Waals surface area (Å²) in [5, 5.41) is 14.2. The number of aromatic amines is 1. The molecule has 0 amide bonds. The number of pyridine rings is 1. The van der Waals surface area contributed by atoms with E-state index in [2.05, 4.69) is 4.98 Å². The summed E-state index contributed by atoms with van der Waals surface area (Å²) < 4.78 is 1.78. The van der Waals surface area contributed by atoms with Gasteiger partial charge in [0.25, 0.3) is 0 Å². The number of hydrogen-bond donors (Lipinski definition) is 2. The molecular formula is C20H15N3O2. The Kier molecular flexibility index (Phi) is 3.67. The summed E-state index contributed by atoms with van der Waals surface area (Å²) in [7, 11) is 0. The van der Waals surface area contributed by atoms with Gasteiger partial charge in [0, 0.05) is 17.8 Å². The lowest BCUT2D eigenvalue weighted by atomic mass is 10.1. The van der Waals surface area contributed by atoms with Gasteiger partial charge in [-0.15, -0.1) is 0 Å². The van der Waals surface area contributed by atoms with E-state index in [0.717, 1.165) is 22.6 Å². The van der Waals surface area contributed by atoms with E-state index in [1.807, 2.05) is 66.7 Å². The van der Waals surface area contributed by atoms with Crippen molar-refractivity contribution in [3.63, 3.8) is 0 Å². The third kappa shape index (κ3) is 2.83. The van der Waals surface area contributed by atoms with Crippen molar-refractivity contribution in [1.29, 1.82) is 0 Å². The highest BCUT2D eigenvalue weighted by molar-refractivity contribution is 5.68. The Hall–Kier alpha value is -3.60. The number of rotatable bonds is 3. The number of benzene rings is 2. The number of para-hydroxylation sites is 1. The minimum atomic E-state index is -0.434. The first-order valence-electron chi connectivity index (χ1n) is 7.85. The Labute approximate surface area is 143 Å². The van der Waals surface area contributed by atoms with Crippen molar-refractivity contribution >= 4 is 0 Å². The molecule has 2 aromatic carbocycles. The first kappa shape index (κ1) is 15.0. The van der Waals surface area contributed by atoms with Crippen LogP contribution in [0.15, 0.2) is 83.8 Å². The lowest BCUT2D eigenvalue weighted by Crippen LogP contribution is -2.04. The third-order valence-corrected chi connectivity index (χ3v) is 3.95. The molecule has 0 radical (unpaired) electrons. The summed E-state index contributed by atoms with van der Waals surface area (Å²) in [6.07, 6.45) is 1.29. The number of nitrogens with one attached hydrogen (secondary N) is 1. The van der Waals surface area contributed by atoms with Gasteiger partial charge in [0.05, 0.1) is 22.8 Å². The van der Waals surface area contributed by atoms with Gasteiger partial charge in [-0.1, -0.05) is 48.5 Å². The Bertz CT molecular complexity index is 1070. The topological polar surface area (TPSA) is 70.9 Å². The van der Waals surface area contributed by atoms with Crippen LogP contribution in [0.2, 0.25) is 0 Å². The molecule has 0 aliphatic carbocycles. The van der Waals surface area contributed by atoms with E-state index in [-0.39, 0.29) is 5.75 Å². The monoisotopic (exact) mass is 329 g/mol. The maximum atomic E-state index is 11.8. The summed E-state index contributed by atoms with van der Waals surface area (Å²) in [6, 6.07) is 22.8. The van der Waals surface area contributed by atoms with Gasteiger partial charge in [0.2, 0.25) is 5.43 Å². The van der Waals surface area contributed by atoms with E-state index >= 15 is 0 Å². The Morgan fingerprint density at radius 3 is 2.28 bits per heavy atom. The molecule has 0 saturated heterocycles. The van der Waals surface area contributed by atoms with Crippen molar-refractivity contribution in [2.24, 2.45) is 0 Å². The Morgan fingerprint density at radius 1 is 0.920 bits per heavy atom. The first-order chi connectivity index (χ1) is 12.2. The summed E-state index contributed by atoms with van der Waals surface area (Å²) in [5.74, 6) is -0.308. The lowest BCUT2D eigenvalue weighted by Gasteiger charge is -2.07. The highest BCUT2D eigenvalue weighted by Crippen LogP contribution is 2.27. The zero-order chi connectivity index (χ0) is 17.2. The summed E-state index contributed by atoms with van der Waals surface area (Å²) in [5.41, 5.74) is 3.56. The van der Waals surface area contributed by atoms with Crippen LogP contribution < -0.4 is 5.43 Å². The molecule has 5 nitrogen and oxygen atoms in total. The van der Waals surface area contributed by atoms with E-state index in [0.29, 0.717) is 5.69 Å². The number of H-pyrrole nitrogens is 1. The van der Waals surface area contributed by atoms with Gasteiger partial charge in [-0.2, -0.15) is 5.10 Å². The van der Waals surface area contributed by atoms with Crippen molar-refractivity contribution in [3.05, 3.63) is 89.2 Å². The van der Waals surface area contributed by atoms with Crippen LogP contribution in [0.25, 0.3) is 28.3 Å². The standard InChI is InChI=1S/C20H15N3O2/c24-19-12-17(21-13-20(19)25)18-11-16(14-7-3-1-4-8-14)22-23(18)15-9-5-2-6-10-15/h1-13,25H,(H,21,24). The molecule has 5 heteroatoms. The molecule has 0 unspecified atom stereocenters. The second kappa shape index (κ2) is 6.13. The second-order valence-corrected chi connectivity index (χ2v) is 5.62. The van der Waals surface area contributed by atoms with Crippen LogP contribution in [0.3, 0.4) is 0 Å². The molecular weight excluding hydrogens is 314 g/mol. The van der Waals surface area contributed by atoms with Crippen molar-refractivity contribution in [2.45, 2.75) is 0 Å². The number of aromatic nitrogens is 3. The molecule has 2 heterocycles. The molecule has 25 heavy (non-hydrogen) atoms. The highest BCUT2D eigenvalue weighted by Gasteiger charge is 2.14. The molecule has 0 aliphatic rings. The molecule has 0 fully saturated rings. The minimum absolute atomic E-state index is 0.308. The largest absolute Gasteiger partial charge is 0.503 e. The van der Waals surface area contributed by atoms with Crippen LogP contribution in [0.1, 0.15) is 0 Å². The predicted octanol–water partition coefficient (Wildman–Crippen LogP) is 3.60. The lowest BCUT2D eigenvalue weighted by molar-refractivity contribution is 0.467. The molecule has 122 valence electrons. The zero-order valence-corrected chi connectivity index (χ0v) is 13.3. The molecule has 0 spiro atoms. The molecule has 2 N–H and O–H groups in total. The molecule has 0 aliphatic heterocycles. The van der Waals surface area contributed by atoms with E-state index < -0.39 is 5.43 Å². The maximum absolute atomic E-state index is 11.8. The van der Waals surface area contributed by atoms with Crippen LogP contribution in [-0.2, 0) is 0 Å². The quantitative estimate of drug-likeness (QED) is 0.603. The van der Waals surface area contributed by atoms with Crippen LogP contribution >= 0.6 is 0 Å². The van der Waals surface area contributed by atoms with Gasteiger partial charge in [-0.25, -0.2) is 4.68 Å². The van der Waals surface area contributed by atoms with Crippen molar-refractivity contribution in [1.82, 2.24) is 14.8 Å². The molecule has 4 aromatic rings. The Balaban J connectivity index is 1.94. The molecule has 4 rings (SSSR count). The zero-order valence-electron chi connectivity index (χ0n) is 13.3. The summed E-state index contributed by atoms with van der Waals surface area (Å²) in [4.78, 5) is 14.8. The minimum Gasteiger partial charge on any atom is -0.503 e. The van der Waals surface area contributed by atoms with Crippen molar-refractivity contribution in [2.75, 3.05) is 0 Å².